The van der Waals surface area contributed by atoms with Crippen LogP contribution >= 0.6 is 46.4 Å². The van der Waals surface area contributed by atoms with E-state index in [4.69, 9.17) is 46.4 Å². The molecule has 24 heavy (non-hydrogen) atoms. The van der Waals surface area contributed by atoms with Gasteiger partial charge in [0.05, 0.1) is 0 Å². The van der Waals surface area contributed by atoms with Crippen LogP contribution in [0.3, 0.4) is 0 Å². The van der Waals surface area contributed by atoms with Crippen LogP contribution in [0.15, 0.2) is 42.0 Å². The van der Waals surface area contributed by atoms with Gasteiger partial charge in [0.2, 0.25) is 10.5 Å². The maximum Gasteiger partial charge on any atom is 0.252 e. The van der Waals surface area contributed by atoms with Gasteiger partial charge in [-0.1, -0.05) is 24.3 Å². The van der Waals surface area contributed by atoms with Crippen molar-refractivity contribution in [2.75, 3.05) is 0 Å². The molecule has 1 aliphatic carbocycles. The highest BCUT2D eigenvalue weighted by atomic mass is 35.5. The Hall–Kier alpha value is -1.46. The van der Waals surface area contributed by atoms with E-state index >= 15 is 0 Å². The molecule has 0 radical (unpaired) electrons. The lowest BCUT2D eigenvalue weighted by atomic mass is 9.72. The van der Waals surface area contributed by atoms with Crippen LogP contribution in [0.25, 0.3) is 5.57 Å². The Morgan fingerprint density at radius 3 is 2.04 bits per heavy atom. The standard InChI is InChI=1S/C16H8Cl4O4/c17-12(21)9-3-1-2-8(6-9)11-7-10(13(18)22)4-5-16(11,14(19)23)15(20)24/h1-4,6-7H,5H2. The van der Waals surface area contributed by atoms with Gasteiger partial charge in [-0.05, 0) is 76.1 Å². The van der Waals surface area contributed by atoms with Crippen molar-refractivity contribution in [1.82, 2.24) is 0 Å². The fraction of sp³-hybridized carbons (Fsp3) is 0.125. The third-order valence-corrected chi connectivity index (χ3v) is 4.77. The first-order valence-corrected chi connectivity index (χ1v) is 8.03. The first kappa shape index (κ1) is 18.9. The SMILES string of the molecule is O=C(Cl)C1=CCC(C(=O)Cl)(C(=O)Cl)C(c2cccc(C(=O)Cl)c2)=C1. The van der Waals surface area contributed by atoms with Crippen LogP contribution in [0.1, 0.15) is 22.3 Å². The molecule has 0 spiro atoms. The lowest BCUT2D eigenvalue weighted by Gasteiger charge is -2.31. The zero-order chi connectivity index (χ0) is 18.1. The van der Waals surface area contributed by atoms with Crippen molar-refractivity contribution in [3.05, 3.63) is 53.1 Å². The molecular weight excluding hydrogens is 398 g/mol. The number of hydrogen-bond acceptors (Lipinski definition) is 4. The van der Waals surface area contributed by atoms with E-state index in [1.807, 2.05) is 0 Å². The fourth-order valence-corrected chi connectivity index (χ4v) is 3.26. The second-order valence-corrected chi connectivity index (χ2v) is 6.38. The van der Waals surface area contributed by atoms with Gasteiger partial charge in [-0.15, -0.1) is 0 Å². The molecule has 1 aromatic rings. The minimum Gasteiger partial charge on any atom is -0.280 e. The van der Waals surface area contributed by atoms with Gasteiger partial charge in [0.15, 0.2) is 0 Å². The largest absolute Gasteiger partial charge is 0.280 e. The molecule has 0 aromatic heterocycles. The highest BCUT2D eigenvalue weighted by Gasteiger charge is 2.48. The van der Waals surface area contributed by atoms with Gasteiger partial charge in [0.1, 0.15) is 5.41 Å². The average molecular weight is 406 g/mol. The van der Waals surface area contributed by atoms with E-state index < -0.39 is 26.4 Å². The van der Waals surface area contributed by atoms with Crippen LogP contribution in [-0.2, 0) is 14.4 Å². The molecule has 0 saturated heterocycles. The van der Waals surface area contributed by atoms with Crippen molar-refractivity contribution >= 4 is 72.9 Å². The summed E-state index contributed by atoms with van der Waals surface area (Å²) in [6, 6.07) is 5.87. The summed E-state index contributed by atoms with van der Waals surface area (Å²) in [5, 5.41) is -3.51. The Kier molecular flexibility index (Phi) is 5.66. The van der Waals surface area contributed by atoms with Gasteiger partial charge >= 0.3 is 0 Å². The normalized spacial score (nSPS) is 16.0. The molecule has 1 aliphatic rings. The molecule has 0 heterocycles. The first-order chi connectivity index (χ1) is 11.2. The van der Waals surface area contributed by atoms with Crippen molar-refractivity contribution < 1.29 is 19.2 Å². The molecule has 0 aliphatic heterocycles. The Morgan fingerprint density at radius 1 is 0.917 bits per heavy atom. The zero-order valence-electron chi connectivity index (χ0n) is 11.8. The summed E-state index contributed by atoms with van der Waals surface area (Å²) in [5.41, 5.74) is -1.28. The van der Waals surface area contributed by atoms with E-state index in [1.165, 1.54) is 36.4 Å². The molecule has 0 amide bonds. The van der Waals surface area contributed by atoms with Crippen LogP contribution in [0, 0.1) is 5.41 Å². The summed E-state index contributed by atoms with van der Waals surface area (Å²) in [4.78, 5) is 46.8. The summed E-state index contributed by atoms with van der Waals surface area (Å²) < 4.78 is 0. The van der Waals surface area contributed by atoms with E-state index in [0.29, 0.717) is 5.56 Å². The second-order valence-electron chi connectivity index (χ2n) is 5.00. The highest BCUT2D eigenvalue weighted by molar-refractivity contribution is 6.76. The first-order valence-electron chi connectivity index (χ1n) is 6.52. The third-order valence-electron chi connectivity index (χ3n) is 3.69. The minimum absolute atomic E-state index is 0.0776. The molecular formula is C16H8Cl4O4. The molecule has 0 N–H and O–H groups in total. The summed E-state index contributed by atoms with van der Waals surface area (Å²) in [7, 11) is 0. The molecule has 0 atom stereocenters. The molecule has 0 bridgehead atoms. The van der Waals surface area contributed by atoms with Gasteiger partial charge in [-0.25, -0.2) is 0 Å². The van der Waals surface area contributed by atoms with Gasteiger partial charge in [0.25, 0.3) is 10.5 Å². The molecule has 124 valence electrons. The molecule has 4 nitrogen and oxygen atoms in total. The smallest absolute Gasteiger partial charge is 0.252 e. The van der Waals surface area contributed by atoms with Gasteiger partial charge < -0.3 is 0 Å². The van der Waals surface area contributed by atoms with Crippen LogP contribution in [-0.4, -0.2) is 21.0 Å². The number of carbonyl (C=O) groups is 4. The minimum atomic E-state index is -1.88. The quantitative estimate of drug-likeness (QED) is 0.547. The molecule has 1 aromatic carbocycles. The number of rotatable bonds is 5. The molecule has 0 fully saturated rings. The van der Waals surface area contributed by atoms with Crippen LogP contribution in [0.2, 0.25) is 0 Å². The average Bonchev–Trinajstić information content (AvgIpc) is 2.53. The van der Waals surface area contributed by atoms with Crippen molar-refractivity contribution in [2.45, 2.75) is 6.42 Å². The lowest BCUT2D eigenvalue weighted by Crippen LogP contribution is -2.37. The van der Waals surface area contributed by atoms with Gasteiger partial charge in [0, 0.05) is 11.1 Å². The Morgan fingerprint density at radius 2 is 1.54 bits per heavy atom. The second kappa shape index (κ2) is 7.19. The summed E-state index contributed by atoms with van der Waals surface area (Å²) >= 11 is 22.3. The van der Waals surface area contributed by atoms with E-state index in [2.05, 4.69) is 0 Å². The van der Waals surface area contributed by atoms with Gasteiger partial charge in [-0.2, -0.15) is 0 Å². The number of halogens is 4. The maximum atomic E-state index is 12.0. The number of hydrogen-bond donors (Lipinski definition) is 0. The zero-order valence-corrected chi connectivity index (χ0v) is 14.8. The van der Waals surface area contributed by atoms with E-state index in [-0.39, 0.29) is 23.1 Å². The molecule has 0 unspecified atom stereocenters. The topological polar surface area (TPSA) is 68.3 Å². The van der Waals surface area contributed by atoms with Crippen molar-refractivity contribution in [1.29, 1.82) is 0 Å². The fourth-order valence-electron chi connectivity index (χ4n) is 2.44. The molecule has 0 saturated carbocycles. The van der Waals surface area contributed by atoms with Crippen molar-refractivity contribution in [2.24, 2.45) is 5.41 Å². The summed E-state index contributed by atoms with van der Waals surface area (Å²) in [6.07, 6.45) is 2.35. The lowest BCUT2D eigenvalue weighted by molar-refractivity contribution is -0.127. The van der Waals surface area contributed by atoms with Crippen molar-refractivity contribution in [3.63, 3.8) is 0 Å². The predicted octanol–water partition coefficient (Wildman–Crippen LogP) is 4.06. The monoisotopic (exact) mass is 404 g/mol. The van der Waals surface area contributed by atoms with Crippen LogP contribution in [0.4, 0.5) is 0 Å². The Balaban J connectivity index is 2.74. The third kappa shape index (κ3) is 3.33. The Labute approximate surface area is 157 Å². The predicted molar refractivity (Wildman–Crippen MR) is 92.3 cm³/mol. The molecule has 2 rings (SSSR count). The van der Waals surface area contributed by atoms with Crippen LogP contribution < -0.4 is 0 Å². The van der Waals surface area contributed by atoms with Crippen molar-refractivity contribution in [3.8, 4) is 0 Å². The highest BCUT2D eigenvalue weighted by Crippen LogP contribution is 2.46. The van der Waals surface area contributed by atoms with Crippen LogP contribution in [0.5, 0.6) is 0 Å². The molecule has 8 heteroatoms. The van der Waals surface area contributed by atoms with E-state index in [0.717, 1.165) is 0 Å². The number of benzene rings is 1. The Bertz CT molecular complexity index is 809. The maximum absolute atomic E-state index is 12.0. The number of allylic oxidation sites excluding steroid dienone is 4. The van der Waals surface area contributed by atoms with E-state index in [9.17, 15) is 19.2 Å². The number of carbonyl (C=O) groups excluding carboxylic acids is 4. The van der Waals surface area contributed by atoms with E-state index in [1.54, 1.807) is 0 Å². The van der Waals surface area contributed by atoms with Gasteiger partial charge in [-0.3, -0.25) is 19.2 Å². The summed E-state index contributed by atoms with van der Waals surface area (Å²) in [5.74, 6) is 0. The summed E-state index contributed by atoms with van der Waals surface area (Å²) in [6.45, 7) is 0.